The van der Waals surface area contributed by atoms with E-state index in [1.807, 2.05) is 0 Å². The fourth-order valence-electron chi connectivity index (χ4n) is 3.52. The van der Waals surface area contributed by atoms with Gasteiger partial charge < -0.3 is 5.32 Å². The lowest BCUT2D eigenvalue weighted by Crippen LogP contribution is -2.36. The zero-order chi connectivity index (χ0) is 12.2. The van der Waals surface area contributed by atoms with E-state index in [2.05, 4.69) is 39.9 Å². The molecule has 0 saturated heterocycles. The Bertz CT molecular complexity index is 198. The van der Waals surface area contributed by atoms with Gasteiger partial charge in [-0.2, -0.15) is 0 Å². The first-order valence-corrected chi connectivity index (χ1v) is 7.19. The Hall–Kier alpha value is -0.0400. The van der Waals surface area contributed by atoms with E-state index in [9.17, 15) is 0 Å². The second-order valence-electron chi connectivity index (χ2n) is 6.62. The first-order valence-electron chi connectivity index (χ1n) is 7.19. The summed E-state index contributed by atoms with van der Waals surface area (Å²) in [5.74, 6) is 1.89. The summed E-state index contributed by atoms with van der Waals surface area (Å²) in [7, 11) is 0. The molecule has 3 unspecified atom stereocenters. The Morgan fingerprint density at radius 1 is 1.31 bits per heavy atom. The van der Waals surface area contributed by atoms with Gasteiger partial charge in [0.15, 0.2) is 0 Å². The van der Waals surface area contributed by atoms with Crippen molar-refractivity contribution in [2.45, 2.75) is 72.8 Å². The second-order valence-corrected chi connectivity index (χ2v) is 6.62. The lowest BCUT2D eigenvalue weighted by Gasteiger charge is -2.40. The van der Waals surface area contributed by atoms with Gasteiger partial charge in [-0.15, -0.1) is 0 Å². The normalized spacial score (nSPS) is 29.1. The molecule has 0 aromatic rings. The summed E-state index contributed by atoms with van der Waals surface area (Å²) in [6.45, 7) is 13.0. The fourth-order valence-corrected chi connectivity index (χ4v) is 3.52. The molecule has 1 N–H and O–H groups in total. The second kappa shape index (κ2) is 6.05. The largest absolute Gasteiger partial charge is 0.315 e. The Balaban J connectivity index is 2.47. The molecule has 3 atom stereocenters. The van der Waals surface area contributed by atoms with Gasteiger partial charge in [0.25, 0.3) is 0 Å². The first kappa shape index (κ1) is 14.0. The van der Waals surface area contributed by atoms with Crippen molar-refractivity contribution in [3.8, 4) is 0 Å². The number of hydrogen-bond acceptors (Lipinski definition) is 1. The quantitative estimate of drug-likeness (QED) is 0.738. The third kappa shape index (κ3) is 4.08. The average Bonchev–Trinajstić information content (AvgIpc) is 2.17. The maximum atomic E-state index is 3.55. The van der Waals surface area contributed by atoms with Crippen molar-refractivity contribution in [3.63, 3.8) is 0 Å². The summed E-state index contributed by atoms with van der Waals surface area (Å²) in [4.78, 5) is 0. The minimum Gasteiger partial charge on any atom is -0.315 e. The smallest absolute Gasteiger partial charge is 0.00437 e. The molecule has 0 radical (unpaired) electrons. The standard InChI is InChI=1S/C15H31N/c1-6-16-13(3)11-15(4,5)14-9-7-8-12(2)10-14/h12-14,16H,6-11H2,1-5H3. The average molecular weight is 225 g/mol. The van der Waals surface area contributed by atoms with E-state index in [4.69, 9.17) is 0 Å². The van der Waals surface area contributed by atoms with Crippen molar-refractivity contribution in [2.24, 2.45) is 17.3 Å². The molecule has 0 aromatic carbocycles. The molecule has 1 nitrogen and oxygen atoms in total. The van der Waals surface area contributed by atoms with Gasteiger partial charge in [-0.1, -0.05) is 40.5 Å². The van der Waals surface area contributed by atoms with Gasteiger partial charge >= 0.3 is 0 Å². The first-order chi connectivity index (χ1) is 7.45. The molecule has 16 heavy (non-hydrogen) atoms. The minimum atomic E-state index is 0.510. The summed E-state index contributed by atoms with van der Waals surface area (Å²) in [5.41, 5.74) is 0.510. The van der Waals surface area contributed by atoms with Crippen LogP contribution >= 0.6 is 0 Å². The fraction of sp³-hybridized carbons (Fsp3) is 1.00. The Morgan fingerprint density at radius 3 is 2.56 bits per heavy atom. The molecule has 1 saturated carbocycles. The van der Waals surface area contributed by atoms with E-state index < -0.39 is 0 Å². The van der Waals surface area contributed by atoms with E-state index in [0.29, 0.717) is 11.5 Å². The Morgan fingerprint density at radius 2 is 2.00 bits per heavy atom. The van der Waals surface area contributed by atoms with Crippen LogP contribution < -0.4 is 5.32 Å². The van der Waals surface area contributed by atoms with Gasteiger partial charge in [0.2, 0.25) is 0 Å². The van der Waals surface area contributed by atoms with E-state index in [-0.39, 0.29) is 0 Å². The third-order valence-electron chi connectivity index (χ3n) is 4.43. The third-order valence-corrected chi connectivity index (χ3v) is 4.43. The highest BCUT2D eigenvalue weighted by atomic mass is 14.9. The van der Waals surface area contributed by atoms with Crippen molar-refractivity contribution in [2.75, 3.05) is 6.54 Å². The van der Waals surface area contributed by atoms with Gasteiger partial charge in [-0.3, -0.25) is 0 Å². The van der Waals surface area contributed by atoms with Crippen molar-refractivity contribution in [1.29, 1.82) is 0 Å². The molecule has 1 aliphatic carbocycles. The minimum absolute atomic E-state index is 0.510. The molecule has 1 fully saturated rings. The maximum absolute atomic E-state index is 3.55. The van der Waals surface area contributed by atoms with Crippen LogP contribution in [0.3, 0.4) is 0 Å². The molecule has 0 amide bonds. The predicted octanol–water partition coefficient (Wildman–Crippen LogP) is 4.23. The van der Waals surface area contributed by atoms with E-state index in [0.717, 1.165) is 18.4 Å². The zero-order valence-corrected chi connectivity index (χ0v) is 12.0. The molecule has 0 aliphatic heterocycles. The highest BCUT2D eigenvalue weighted by Gasteiger charge is 2.33. The number of hydrogen-bond donors (Lipinski definition) is 1. The van der Waals surface area contributed by atoms with E-state index in [1.54, 1.807) is 0 Å². The molecule has 1 rings (SSSR count). The van der Waals surface area contributed by atoms with Crippen LogP contribution in [0, 0.1) is 17.3 Å². The number of rotatable bonds is 5. The highest BCUT2D eigenvalue weighted by molar-refractivity contribution is 4.85. The van der Waals surface area contributed by atoms with Gasteiger partial charge in [-0.25, -0.2) is 0 Å². The number of nitrogens with one attached hydrogen (secondary N) is 1. The van der Waals surface area contributed by atoms with Crippen LogP contribution in [0.15, 0.2) is 0 Å². The monoisotopic (exact) mass is 225 g/mol. The van der Waals surface area contributed by atoms with Gasteiger partial charge in [0.1, 0.15) is 0 Å². The van der Waals surface area contributed by atoms with Gasteiger partial charge in [-0.05, 0) is 50.0 Å². The van der Waals surface area contributed by atoms with Crippen LogP contribution in [-0.4, -0.2) is 12.6 Å². The molecule has 0 bridgehead atoms. The Kier molecular flexibility index (Phi) is 5.30. The molecular formula is C15H31N. The van der Waals surface area contributed by atoms with Crippen LogP contribution in [-0.2, 0) is 0 Å². The summed E-state index contributed by atoms with van der Waals surface area (Å²) in [6, 6.07) is 0.664. The molecular weight excluding hydrogens is 194 g/mol. The lowest BCUT2D eigenvalue weighted by atomic mass is 9.66. The molecule has 96 valence electrons. The van der Waals surface area contributed by atoms with Crippen LogP contribution in [0.2, 0.25) is 0 Å². The van der Waals surface area contributed by atoms with Crippen molar-refractivity contribution < 1.29 is 0 Å². The van der Waals surface area contributed by atoms with Crippen molar-refractivity contribution >= 4 is 0 Å². The van der Waals surface area contributed by atoms with E-state index >= 15 is 0 Å². The molecule has 0 heterocycles. The summed E-state index contributed by atoms with van der Waals surface area (Å²) in [5, 5.41) is 3.55. The lowest BCUT2D eigenvalue weighted by molar-refractivity contribution is 0.110. The van der Waals surface area contributed by atoms with Gasteiger partial charge in [0.05, 0.1) is 0 Å². The van der Waals surface area contributed by atoms with Crippen LogP contribution in [0.5, 0.6) is 0 Å². The summed E-state index contributed by atoms with van der Waals surface area (Å²) >= 11 is 0. The van der Waals surface area contributed by atoms with E-state index in [1.165, 1.54) is 32.1 Å². The Labute approximate surface area is 102 Å². The van der Waals surface area contributed by atoms with Crippen molar-refractivity contribution in [3.05, 3.63) is 0 Å². The van der Waals surface area contributed by atoms with Gasteiger partial charge in [0, 0.05) is 6.04 Å². The SMILES string of the molecule is CCNC(C)CC(C)(C)C1CCCC(C)C1. The summed E-state index contributed by atoms with van der Waals surface area (Å²) in [6.07, 6.45) is 7.13. The molecule has 1 heteroatoms. The predicted molar refractivity (Wildman–Crippen MR) is 72.7 cm³/mol. The zero-order valence-electron chi connectivity index (χ0n) is 12.0. The van der Waals surface area contributed by atoms with Crippen molar-refractivity contribution in [1.82, 2.24) is 5.32 Å². The summed E-state index contributed by atoms with van der Waals surface area (Å²) < 4.78 is 0. The maximum Gasteiger partial charge on any atom is 0.00437 e. The van der Waals surface area contributed by atoms with Crippen LogP contribution in [0.4, 0.5) is 0 Å². The molecule has 0 aromatic heterocycles. The topological polar surface area (TPSA) is 12.0 Å². The molecule has 1 aliphatic rings. The van der Waals surface area contributed by atoms with Crippen LogP contribution in [0.25, 0.3) is 0 Å². The highest BCUT2D eigenvalue weighted by Crippen LogP contribution is 2.42. The molecule has 0 spiro atoms. The van der Waals surface area contributed by atoms with Crippen LogP contribution in [0.1, 0.15) is 66.7 Å².